The molecule has 1 saturated heterocycles. The molecule has 2 aromatic carbocycles. The number of benzene rings is 2. The second-order valence-corrected chi connectivity index (χ2v) is 8.57. The van der Waals surface area contributed by atoms with Crippen molar-refractivity contribution >= 4 is 45.7 Å². The number of aromatic nitrogens is 2. The van der Waals surface area contributed by atoms with Crippen LogP contribution in [0.2, 0.25) is 10.0 Å². The van der Waals surface area contributed by atoms with Crippen molar-refractivity contribution in [1.82, 2.24) is 14.5 Å². The van der Waals surface area contributed by atoms with Crippen LogP contribution in [-0.4, -0.2) is 40.5 Å². The fourth-order valence-corrected chi connectivity index (χ4v) is 4.62. The number of carbonyl (C=O) groups excluding carboxylic acids is 1. The Balaban J connectivity index is 1.82. The lowest BCUT2D eigenvalue weighted by atomic mass is 9.87. The van der Waals surface area contributed by atoms with E-state index in [1.807, 2.05) is 7.05 Å². The molecule has 0 saturated carbocycles. The number of carbonyl (C=O) groups is 1. The van der Waals surface area contributed by atoms with Crippen molar-refractivity contribution in [3.05, 3.63) is 68.4 Å². The summed E-state index contributed by atoms with van der Waals surface area (Å²) in [6, 6.07) is 7.83. The number of primary amides is 1. The van der Waals surface area contributed by atoms with E-state index in [0.29, 0.717) is 35.1 Å². The summed E-state index contributed by atoms with van der Waals surface area (Å²) in [4.78, 5) is 30.3. The Morgan fingerprint density at radius 1 is 1.32 bits per heavy atom. The molecule has 1 atom stereocenters. The SMILES string of the molecule is CN1CCC(Nc2ccc3ncn(CC(N)=O)c(=O)c3c2)(c2c(F)ccc(Cl)c2Cl)C1. The molecular formula is C21H20Cl2FN5O2. The number of halogens is 3. The van der Waals surface area contributed by atoms with Crippen LogP contribution in [0.4, 0.5) is 10.1 Å². The van der Waals surface area contributed by atoms with Crippen molar-refractivity contribution in [2.45, 2.75) is 18.5 Å². The largest absolute Gasteiger partial charge is 0.374 e. The number of anilines is 1. The van der Waals surface area contributed by atoms with Crippen LogP contribution in [0.3, 0.4) is 0 Å². The number of likely N-dealkylation sites (N-methyl/N-ethyl adjacent to an activating group) is 1. The Morgan fingerprint density at radius 2 is 2.10 bits per heavy atom. The molecule has 1 aromatic heterocycles. The third-order valence-electron chi connectivity index (χ3n) is 5.52. The molecule has 0 aliphatic carbocycles. The third kappa shape index (κ3) is 3.98. The Hall–Kier alpha value is -2.68. The van der Waals surface area contributed by atoms with Gasteiger partial charge in [0.2, 0.25) is 5.91 Å². The van der Waals surface area contributed by atoms with E-state index in [9.17, 15) is 14.0 Å². The van der Waals surface area contributed by atoms with Crippen molar-refractivity contribution in [2.75, 3.05) is 25.5 Å². The van der Waals surface area contributed by atoms with Crippen LogP contribution in [0.1, 0.15) is 12.0 Å². The molecule has 4 rings (SSSR count). The second-order valence-electron chi connectivity index (χ2n) is 7.79. The predicted octanol–water partition coefficient (Wildman–Crippen LogP) is 2.97. The van der Waals surface area contributed by atoms with E-state index >= 15 is 0 Å². The molecule has 3 N–H and O–H groups in total. The molecule has 0 spiro atoms. The summed E-state index contributed by atoms with van der Waals surface area (Å²) in [6.07, 6.45) is 1.87. The van der Waals surface area contributed by atoms with Gasteiger partial charge in [0.05, 0.1) is 32.8 Å². The fraction of sp³-hybridized carbons (Fsp3) is 0.286. The van der Waals surface area contributed by atoms with Crippen LogP contribution >= 0.6 is 23.2 Å². The number of nitrogens with zero attached hydrogens (tertiary/aromatic N) is 3. The summed E-state index contributed by atoms with van der Waals surface area (Å²) in [5.41, 5.74) is 5.33. The number of amides is 1. The zero-order valence-corrected chi connectivity index (χ0v) is 18.2. The molecule has 1 unspecified atom stereocenters. The average molecular weight is 464 g/mol. The third-order valence-corrected chi connectivity index (χ3v) is 6.32. The number of fused-ring (bicyclic) bond motifs is 1. The molecule has 0 bridgehead atoms. The minimum absolute atomic E-state index is 0.163. The van der Waals surface area contributed by atoms with Gasteiger partial charge in [0.25, 0.3) is 5.56 Å². The molecule has 1 aliphatic heterocycles. The number of hydrogen-bond donors (Lipinski definition) is 2. The first kappa shape index (κ1) is 21.5. The standard InChI is InChI=1S/C21H20Cl2FN5O2/c1-28-7-6-21(10-28,18-15(24)4-3-14(22)19(18)23)27-12-2-5-16-13(8-12)20(31)29(11-26-16)9-17(25)30/h2-5,8,11,27H,6-7,9-10H2,1H3,(H2,25,30). The maximum absolute atomic E-state index is 14.9. The summed E-state index contributed by atoms with van der Waals surface area (Å²) in [6.45, 7) is 0.939. The molecule has 10 heteroatoms. The van der Waals surface area contributed by atoms with Crippen LogP contribution in [0, 0.1) is 5.82 Å². The number of likely N-dealkylation sites (tertiary alicyclic amines) is 1. The van der Waals surface area contributed by atoms with Gasteiger partial charge < -0.3 is 16.0 Å². The molecule has 7 nitrogen and oxygen atoms in total. The van der Waals surface area contributed by atoms with Gasteiger partial charge in [0, 0.05) is 24.3 Å². The summed E-state index contributed by atoms with van der Waals surface area (Å²) in [5, 5.41) is 4.14. The summed E-state index contributed by atoms with van der Waals surface area (Å²) in [5.74, 6) is -1.10. The van der Waals surface area contributed by atoms with E-state index in [0.717, 1.165) is 11.1 Å². The van der Waals surface area contributed by atoms with Gasteiger partial charge in [-0.1, -0.05) is 23.2 Å². The highest BCUT2D eigenvalue weighted by molar-refractivity contribution is 6.42. The summed E-state index contributed by atoms with van der Waals surface area (Å²) in [7, 11) is 1.94. The number of rotatable bonds is 5. The van der Waals surface area contributed by atoms with E-state index < -0.39 is 22.8 Å². The van der Waals surface area contributed by atoms with Crippen LogP contribution in [-0.2, 0) is 16.9 Å². The lowest BCUT2D eigenvalue weighted by Crippen LogP contribution is -2.39. The second kappa shape index (κ2) is 8.11. The van der Waals surface area contributed by atoms with Gasteiger partial charge in [-0.05, 0) is 43.8 Å². The Labute approximate surface area is 187 Å². The van der Waals surface area contributed by atoms with Gasteiger partial charge >= 0.3 is 0 Å². The van der Waals surface area contributed by atoms with Crippen molar-refractivity contribution < 1.29 is 9.18 Å². The lowest BCUT2D eigenvalue weighted by molar-refractivity contribution is -0.118. The van der Waals surface area contributed by atoms with E-state index in [1.165, 1.54) is 18.5 Å². The smallest absolute Gasteiger partial charge is 0.261 e. The van der Waals surface area contributed by atoms with Gasteiger partial charge in [-0.3, -0.25) is 14.2 Å². The van der Waals surface area contributed by atoms with Crippen LogP contribution in [0.25, 0.3) is 10.9 Å². The maximum atomic E-state index is 14.9. The van der Waals surface area contributed by atoms with Crippen molar-refractivity contribution in [2.24, 2.45) is 5.73 Å². The van der Waals surface area contributed by atoms with Gasteiger partial charge in [0.1, 0.15) is 12.4 Å². The van der Waals surface area contributed by atoms with Crippen molar-refractivity contribution in [3.8, 4) is 0 Å². The minimum atomic E-state index is -0.844. The van der Waals surface area contributed by atoms with E-state index in [2.05, 4.69) is 15.2 Å². The average Bonchev–Trinajstić information content (AvgIpc) is 3.08. The summed E-state index contributed by atoms with van der Waals surface area (Å²) < 4.78 is 16.1. The lowest BCUT2D eigenvalue weighted by Gasteiger charge is -2.33. The molecule has 1 aliphatic rings. The number of nitrogens with two attached hydrogens (primary N) is 1. The first-order valence-corrected chi connectivity index (χ1v) is 10.3. The van der Waals surface area contributed by atoms with E-state index in [4.69, 9.17) is 28.9 Å². The molecule has 162 valence electrons. The fourth-order valence-electron chi connectivity index (χ4n) is 4.13. The van der Waals surface area contributed by atoms with Crippen molar-refractivity contribution in [1.29, 1.82) is 0 Å². The zero-order valence-electron chi connectivity index (χ0n) is 16.7. The quantitative estimate of drug-likeness (QED) is 0.567. The Bertz CT molecular complexity index is 1250. The highest BCUT2D eigenvalue weighted by Crippen LogP contribution is 2.42. The predicted molar refractivity (Wildman–Crippen MR) is 119 cm³/mol. The maximum Gasteiger partial charge on any atom is 0.261 e. The molecule has 0 radical (unpaired) electrons. The molecular weight excluding hydrogens is 444 g/mol. The van der Waals surface area contributed by atoms with Crippen LogP contribution in [0.5, 0.6) is 0 Å². The molecule has 3 aromatic rings. The highest BCUT2D eigenvalue weighted by Gasteiger charge is 2.42. The van der Waals surface area contributed by atoms with Crippen molar-refractivity contribution in [3.63, 3.8) is 0 Å². The molecule has 1 fully saturated rings. The number of nitrogens with one attached hydrogen (secondary N) is 1. The summed E-state index contributed by atoms with van der Waals surface area (Å²) >= 11 is 12.6. The minimum Gasteiger partial charge on any atom is -0.374 e. The normalized spacial score (nSPS) is 19.1. The topological polar surface area (TPSA) is 93.2 Å². The monoisotopic (exact) mass is 463 g/mol. The first-order chi connectivity index (χ1) is 14.7. The highest BCUT2D eigenvalue weighted by atomic mass is 35.5. The number of hydrogen-bond acceptors (Lipinski definition) is 5. The Kier molecular flexibility index (Phi) is 5.63. The van der Waals surface area contributed by atoms with Crippen LogP contribution < -0.4 is 16.6 Å². The zero-order chi connectivity index (χ0) is 22.3. The van der Waals surface area contributed by atoms with E-state index in [1.54, 1.807) is 18.2 Å². The Morgan fingerprint density at radius 3 is 2.77 bits per heavy atom. The van der Waals surface area contributed by atoms with Crippen LogP contribution in [0.15, 0.2) is 41.5 Å². The van der Waals surface area contributed by atoms with E-state index in [-0.39, 0.29) is 16.6 Å². The first-order valence-electron chi connectivity index (χ1n) is 9.58. The van der Waals surface area contributed by atoms with Gasteiger partial charge in [0.15, 0.2) is 0 Å². The van der Waals surface area contributed by atoms with Gasteiger partial charge in [-0.15, -0.1) is 0 Å². The molecule has 31 heavy (non-hydrogen) atoms. The van der Waals surface area contributed by atoms with Gasteiger partial charge in [-0.2, -0.15) is 0 Å². The molecule has 2 heterocycles. The molecule has 1 amide bonds. The van der Waals surface area contributed by atoms with Gasteiger partial charge in [-0.25, -0.2) is 9.37 Å².